The highest BCUT2D eigenvalue weighted by Gasteiger charge is 2.20. The Labute approximate surface area is 133 Å². The van der Waals surface area contributed by atoms with Gasteiger partial charge in [0.05, 0.1) is 0 Å². The fourth-order valence-corrected chi connectivity index (χ4v) is 3.34. The number of benzene rings is 1. The summed E-state index contributed by atoms with van der Waals surface area (Å²) in [6.07, 6.45) is 0.998. The van der Waals surface area contributed by atoms with E-state index in [1.165, 1.54) is 0 Å². The molecule has 0 atom stereocenters. The van der Waals surface area contributed by atoms with E-state index in [1.54, 1.807) is 0 Å². The van der Waals surface area contributed by atoms with Gasteiger partial charge in [0.15, 0.2) is 0 Å². The summed E-state index contributed by atoms with van der Waals surface area (Å²) in [6.45, 7) is 6.63. The number of hydrogen-bond donors (Lipinski definition) is 2. The molecule has 0 saturated carbocycles. The summed E-state index contributed by atoms with van der Waals surface area (Å²) in [5, 5.41) is 0. The average Bonchev–Trinajstić information content (AvgIpc) is 2.41. The molecule has 5 nitrogen and oxygen atoms in total. The first-order valence-electron chi connectivity index (χ1n) is 6.78. The van der Waals surface area contributed by atoms with Crippen molar-refractivity contribution in [3.63, 3.8) is 0 Å². The normalized spacial score (nSPS) is 12.0. The van der Waals surface area contributed by atoms with Gasteiger partial charge in [-0.1, -0.05) is 13.8 Å². The molecule has 0 unspecified atom stereocenters. The molecule has 0 aromatic heterocycles. The highest BCUT2D eigenvalue weighted by molar-refractivity contribution is 9.10. The second kappa shape index (κ2) is 8.07. The predicted octanol–water partition coefficient (Wildman–Crippen LogP) is 2.18. The molecule has 1 aromatic carbocycles. The molecule has 0 spiro atoms. The highest BCUT2D eigenvalue weighted by Crippen LogP contribution is 2.25. The summed E-state index contributed by atoms with van der Waals surface area (Å²) >= 11 is 3.06. The van der Waals surface area contributed by atoms with Crippen LogP contribution in [0.25, 0.3) is 0 Å². The summed E-state index contributed by atoms with van der Waals surface area (Å²) in [4.78, 5) is 1.69. The number of hydrogen-bond acceptors (Lipinski definition) is 4. The molecule has 3 N–H and O–H groups in total. The Balaban J connectivity index is 2.76. The van der Waals surface area contributed by atoms with Crippen LogP contribution in [0.15, 0.2) is 21.5 Å². The van der Waals surface area contributed by atoms with Gasteiger partial charge in [-0.05, 0) is 47.6 Å². The van der Waals surface area contributed by atoms with Crippen molar-refractivity contribution in [1.82, 2.24) is 9.62 Å². The summed E-state index contributed by atoms with van der Waals surface area (Å²) in [5.74, 6) is -0.829. The molecule has 8 heteroatoms. The van der Waals surface area contributed by atoms with Crippen molar-refractivity contribution in [3.05, 3.63) is 22.4 Å². The monoisotopic (exact) mass is 381 g/mol. The SMILES string of the molecule is CCCN(CC)CCNS(=O)(=O)c1cc(N)c(Br)cc1F. The molecule has 0 fully saturated rings. The van der Waals surface area contributed by atoms with Gasteiger partial charge in [0.25, 0.3) is 0 Å². The lowest BCUT2D eigenvalue weighted by atomic mass is 10.3. The molecule has 21 heavy (non-hydrogen) atoms. The van der Waals surface area contributed by atoms with E-state index in [0.717, 1.165) is 31.6 Å². The molecule has 1 aromatic rings. The van der Waals surface area contributed by atoms with Gasteiger partial charge in [-0.2, -0.15) is 0 Å². The van der Waals surface area contributed by atoms with Crippen LogP contribution in [0.3, 0.4) is 0 Å². The summed E-state index contributed by atoms with van der Waals surface area (Å²) in [5.41, 5.74) is 5.79. The van der Waals surface area contributed by atoms with Crippen molar-refractivity contribution in [2.45, 2.75) is 25.2 Å². The average molecular weight is 382 g/mol. The van der Waals surface area contributed by atoms with Gasteiger partial charge in [0.2, 0.25) is 10.0 Å². The molecule has 120 valence electrons. The zero-order valence-electron chi connectivity index (χ0n) is 12.2. The standard InChI is InChI=1S/C13H21BrFN3O2S/c1-3-6-18(4-2)7-5-17-21(19,20)13-9-12(16)10(14)8-11(13)15/h8-9,17H,3-7,16H2,1-2H3. The Hall–Kier alpha value is -0.700. The van der Waals surface area contributed by atoms with E-state index in [-0.39, 0.29) is 12.2 Å². The number of nitrogens with zero attached hydrogens (tertiary/aromatic N) is 1. The van der Waals surface area contributed by atoms with Crippen LogP contribution in [-0.2, 0) is 10.0 Å². The lowest BCUT2D eigenvalue weighted by molar-refractivity contribution is 0.293. The minimum Gasteiger partial charge on any atom is -0.398 e. The van der Waals surface area contributed by atoms with Crippen molar-refractivity contribution in [2.75, 3.05) is 31.9 Å². The molecule has 1 rings (SSSR count). The Kier molecular flexibility index (Phi) is 7.05. The predicted molar refractivity (Wildman–Crippen MR) is 86.1 cm³/mol. The van der Waals surface area contributed by atoms with Crippen molar-refractivity contribution >= 4 is 31.6 Å². The number of nitrogens with two attached hydrogens (primary N) is 1. The van der Waals surface area contributed by atoms with Crippen molar-refractivity contribution in [3.8, 4) is 0 Å². The van der Waals surface area contributed by atoms with Crippen LogP contribution >= 0.6 is 15.9 Å². The molecular weight excluding hydrogens is 361 g/mol. The highest BCUT2D eigenvalue weighted by atomic mass is 79.9. The number of nitrogens with one attached hydrogen (secondary N) is 1. The van der Waals surface area contributed by atoms with Gasteiger partial charge >= 0.3 is 0 Å². The maximum absolute atomic E-state index is 13.8. The van der Waals surface area contributed by atoms with Crippen LogP contribution in [0.5, 0.6) is 0 Å². The van der Waals surface area contributed by atoms with Crippen LogP contribution in [0, 0.1) is 5.82 Å². The van der Waals surface area contributed by atoms with E-state index in [2.05, 4.69) is 32.5 Å². The third kappa shape index (κ3) is 5.21. The van der Waals surface area contributed by atoms with Gasteiger partial charge < -0.3 is 10.6 Å². The topological polar surface area (TPSA) is 75.4 Å². The summed E-state index contributed by atoms with van der Waals surface area (Å²) < 4.78 is 40.7. The lowest BCUT2D eigenvalue weighted by Crippen LogP contribution is -2.35. The Morgan fingerprint density at radius 2 is 2.00 bits per heavy atom. The molecule has 0 aliphatic carbocycles. The van der Waals surface area contributed by atoms with Crippen LogP contribution in [0.4, 0.5) is 10.1 Å². The van der Waals surface area contributed by atoms with Crippen molar-refractivity contribution in [1.29, 1.82) is 0 Å². The number of nitrogen functional groups attached to an aromatic ring is 1. The van der Waals surface area contributed by atoms with Crippen LogP contribution < -0.4 is 10.5 Å². The second-order valence-corrected chi connectivity index (χ2v) is 7.23. The first kappa shape index (κ1) is 18.3. The first-order valence-corrected chi connectivity index (χ1v) is 9.06. The molecule has 0 radical (unpaired) electrons. The van der Waals surface area contributed by atoms with E-state index in [9.17, 15) is 12.8 Å². The van der Waals surface area contributed by atoms with Crippen molar-refractivity contribution < 1.29 is 12.8 Å². The molecular formula is C13H21BrFN3O2S. The van der Waals surface area contributed by atoms with Gasteiger partial charge in [0, 0.05) is 23.2 Å². The largest absolute Gasteiger partial charge is 0.398 e. The summed E-state index contributed by atoms with van der Waals surface area (Å²) in [6, 6.07) is 2.17. The number of likely N-dealkylation sites (N-methyl/N-ethyl adjacent to an activating group) is 1. The third-order valence-electron chi connectivity index (χ3n) is 3.05. The first-order chi connectivity index (χ1) is 9.81. The maximum Gasteiger partial charge on any atom is 0.243 e. The number of rotatable bonds is 8. The van der Waals surface area contributed by atoms with Gasteiger partial charge in [-0.25, -0.2) is 17.5 Å². The molecule has 0 heterocycles. The maximum atomic E-state index is 13.8. The van der Waals surface area contributed by atoms with E-state index in [0.29, 0.717) is 11.0 Å². The molecule has 0 bridgehead atoms. The van der Waals surface area contributed by atoms with Crippen molar-refractivity contribution in [2.24, 2.45) is 0 Å². The minimum atomic E-state index is -3.90. The fourth-order valence-electron chi connectivity index (χ4n) is 1.91. The zero-order chi connectivity index (χ0) is 16.0. The van der Waals surface area contributed by atoms with Crippen LogP contribution in [0.2, 0.25) is 0 Å². The second-order valence-electron chi connectivity index (χ2n) is 4.64. The van der Waals surface area contributed by atoms with Gasteiger partial charge in [0.1, 0.15) is 10.7 Å². The van der Waals surface area contributed by atoms with Gasteiger partial charge in [-0.3, -0.25) is 0 Å². The van der Waals surface area contributed by atoms with Crippen LogP contribution in [-0.4, -0.2) is 39.5 Å². The smallest absolute Gasteiger partial charge is 0.243 e. The third-order valence-corrected chi connectivity index (χ3v) is 5.21. The quantitative estimate of drug-likeness (QED) is 0.676. The lowest BCUT2D eigenvalue weighted by Gasteiger charge is -2.19. The molecule has 0 aliphatic heterocycles. The molecule has 0 aliphatic rings. The number of halogens is 2. The fraction of sp³-hybridized carbons (Fsp3) is 0.538. The summed E-state index contributed by atoms with van der Waals surface area (Å²) in [7, 11) is -3.90. The Morgan fingerprint density at radius 3 is 2.57 bits per heavy atom. The van der Waals surface area contributed by atoms with E-state index < -0.39 is 20.7 Å². The number of sulfonamides is 1. The van der Waals surface area contributed by atoms with Crippen LogP contribution in [0.1, 0.15) is 20.3 Å². The molecule has 0 saturated heterocycles. The Bertz CT molecular complexity index is 581. The Morgan fingerprint density at radius 1 is 1.33 bits per heavy atom. The van der Waals surface area contributed by atoms with E-state index >= 15 is 0 Å². The zero-order valence-corrected chi connectivity index (χ0v) is 14.6. The van der Waals surface area contributed by atoms with Gasteiger partial charge in [-0.15, -0.1) is 0 Å². The number of anilines is 1. The van der Waals surface area contributed by atoms with E-state index in [1.807, 2.05) is 6.92 Å². The molecule has 0 amide bonds. The minimum absolute atomic E-state index is 0.179. The van der Waals surface area contributed by atoms with E-state index in [4.69, 9.17) is 5.73 Å².